The number of hydrogen-bond donors (Lipinski definition) is 1. The van der Waals surface area contributed by atoms with Gasteiger partial charge in [-0.05, 0) is 31.4 Å². The minimum atomic E-state index is -3.58. The van der Waals surface area contributed by atoms with E-state index in [1.54, 1.807) is 23.1 Å². The largest absolute Gasteiger partial charge is 0.415 e. The van der Waals surface area contributed by atoms with Gasteiger partial charge >= 0.3 is 16.3 Å². The predicted molar refractivity (Wildman–Crippen MR) is 84.1 cm³/mol. The fourth-order valence-corrected chi connectivity index (χ4v) is 2.71. The van der Waals surface area contributed by atoms with Gasteiger partial charge in [0.2, 0.25) is 0 Å². The lowest BCUT2D eigenvalue weighted by Gasteiger charge is -2.25. The van der Waals surface area contributed by atoms with Crippen LogP contribution in [0.15, 0.2) is 24.3 Å². The molecule has 0 unspecified atom stereocenters. The highest BCUT2D eigenvalue weighted by Crippen LogP contribution is 2.20. The number of amides is 1. The van der Waals surface area contributed by atoms with Crippen molar-refractivity contribution < 1.29 is 17.9 Å². The third-order valence-corrected chi connectivity index (χ3v) is 4.84. The van der Waals surface area contributed by atoms with E-state index in [0.717, 1.165) is 23.6 Å². The van der Waals surface area contributed by atoms with Crippen LogP contribution in [-0.2, 0) is 10.2 Å². The third-order valence-electron chi connectivity index (χ3n) is 3.38. The van der Waals surface area contributed by atoms with Gasteiger partial charge in [0, 0.05) is 33.3 Å². The van der Waals surface area contributed by atoms with Gasteiger partial charge in [-0.2, -0.15) is 12.7 Å². The Morgan fingerprint density at radius 2 is 1.91 bits per heavy atom. The van der Waals surface area contributed by atoms with Crippen LogP contribution in [0.2, 0.25) is 0 Å². The lowest BCUT2D eigenvalue weighted by atomic mass is 10.1. The fourth-order valence-electron chi connectivity index (χ4n) is 2.11. The fraction of sp³-hybridized carbons (Fsp3) is 0.500. The first-order chi connectivity index (χ1) is 10.4. The summed E-state index contributed by atoms with van der Waals surface area (Å²) in [5.74, 6) is 0.314. The number of carbonyl (C=O) groups excluding carboxylic acids is 1. The molecule has 1 aromatic rings. The van der Waals surface area contributed by atoms with Gasteiger partial charge in [-0.15, -0.1) is 0 Å². The van der Waals surface area contributed by atoms with E-state index in [9.17, 15) is 13.2 Å². The molecule has 0 atom stereocenters. The summed E-state index contributed by atoms with van der Waals surface area (Å²) >= 11 is 0. The molecule has 0 aliphatic carbocycles. The molecular weight excluding hydrogens is 306 g/mol. The highest BCUT2D eigenvalue weighted by Gasteiger charge is 2.19. The second-order valence-electron chi connectivity index (χ2n) is 5.33. The maximum atomic E-state index is 12.0. The first-order valence-corrected chi connectivity index (χ1v) is 8.59. The van der Waals surface area contributed by atoms with Gasteiger partial charge in [0.25, 0.3) is 0 Å². The van der Waals surface area contributed by atoms with E-state index in [1.165, 1.54) is 20.2 Å². The number of piperidine rings is 1. The third kappa shape index (κ3) is 4.35. The molecule has 22 heavy (non-hydrogen) atoms. The number of likely N-dealkylation sites (tertiary alicyclic amines) is 1. The van der Waals surface area contributed by atoms with Crippen LogP contribution in [0.1, 0.15) is 19.3 Å². The smallest absolute Gasteiger partial charge is 0.410 e. The maximum Gasteiger partial charge on any atom is 0.415 e. The van der Waals surface area contributed by atoms with Crippen molar-refractivity contribution in [3.05, 3.63) is 24.3 Å². The van der Waals surface area contributed by atoms with Crippen molar-refractivity contribution in [2.75, 3.05) is 31.9 Å². The van der Waals surface area contributed by atoms with Crippen molar-refractivity contribution in [1.29, 1.82) is 0 Å². The molecule has 1 N–H and O–H groups in total. The van der Waals surface area contributed by atoms with Crippen LogP contribution in [0, 0.1) is 0 Å². The van der Waals surface area contributed by atoms with Gasteiger partial charge in [0.15, 0.2) is 0 Å². The van der Waals surface area contributed by atoms with E-state index >= 15 is 0 Å². The lowest BCUT2D eigenvalue weighted by Crippen LogP contribution is -2.37. The molecule has 1 aliphatic rings. The Morgan fingerprint density at radius 1 is 1.23 bits per heavy atom. The number of rotatable bonds is 4. The minimum absolute atomic E-state index is 0.314. The molecule has 8 heteroatoms. The molecule has 1 aromatic carbocycles. The quantitative estimate of drug-likeness (QED) is 0.916. The molecule has 1 heterocycles. The van der Waals surface area contributed by atoms with Crippen molar-refractivity contribution in [3.63, 3.8) is 0 Å². The summed E-state index contributed by atoms with van der Waals surface area (Å²) in [4.78, 5) is 13.7. The van der Waals surface area contributed by atoms with Crippen LogP contribution in [-0.4, -0.2) is 50.9 Å². The van der Waals surface area contributed by atoms with Crippen molar-refractivity contribution in [1.82, 2.24) is 9.21 Å². The van der Waals surface area contributed by atoms with E-state index in [-0.39, 0.29) is 0 Å². The van der Waals surface area contributed by atoms with Crippen molar-refractivity contribution in [2.24, 2.45) is 0 Å². The maximum absolute atomic E-state index is 12.0. The molecule has 1 fully saturated rings. The SMILES string of the molecule is CN(C)S(=O)(=O)Nc1cccc(OC(=O)N2CCCCC2)c1. The zero-order chi connectivity index (χ0) is 16.2. The molecule has 0 spiro atoms. The molecular formula is C14H21N3O4S. The van der Waals surface area contributed by atoms with E-state index < -0.39 is 16.3 Å². The Hall–Kier alpha value is -1.80. The number of nitrogens with zero attached hydrogens (tertiary/aromatic N) is 2. The van der Waals surface area contributed by atoms with Gasteiger partial charge in [0.1, 0.15) is 5.75 Å². The normalized spacial score (nSPS) is 15.7. The Morgan fingerprint density at radius 3 is 2.55 bits per heavy atom. The summed E-state index contributed by atoms with van der Waals surface area (Å²) in [6.45, 7) is 1.40. The molecule has 1 saturated heterocycles. The monoisotopic (exact) mass is 327 g/mol. The highest BCUT2D eigenvalue weighted by atomic mass is 32.2. The summed E-state index contributed by atoms with van der Waals surface area (Å²) in [6, 6.07) is 6.34. The first kappa shape index (κ1) is 16.6. The number of carbonyl (C=O) groups is 1. The topological polar surface area (TPSA) is 79.0 Å². The number of nitrogens with one attached hydrogen (secondary N) is 1. The standard InChI is InChI=1S/C14H21N3O4S/c1-16(2)22(19,20)15-12-7-6-8-13(11-12)21-14(18)17-9-4-3-5-10-17/h6-8,11,15H,3-5,9-10H2,1-2H3. The Labute approximate surface area is 131 Å². The van der Waals surface area contributed by atoms with Crippen LogP contribution < -0.4 is 9.46 Å². The average molecular weight is 327 g/mol. The van der Waals surface area contributed by atoms with Gasteiger partial charge in [-0.25, -0.2) is 4.79 Å². The molecule has 0 radical (unpaired) electrons. The molecule has 2 rings (SSSR count). The summed E-state index contributed by atoms with van der Waals surface area (Å²) in [6.07, 6.45) is 2.70. The molecule has 122 valence electrons. The van der Waals surface area contributed by atoms with Crippen LogP contribution >= 0.6 is 0 Å². The minimum Gasteiger partial charge on any atom is -0.410 e. The van der Waals surface area contributed by atoms with Crippen molar-refractivity contribution in [2.45, 2.75) is 19.3 Å². The zero-order valence-electron chi connectivity index (χ0n) is 12.8. The van der Waals surface area contributed by atoms with Crippen molar-refractivity contribution >= 4 is 22.0 Å². The molecule has 1 amide bonds. The van der Waals surface area contributed by atoms with E-state index in [4.69, 9.17) is 4.74 Å². The Kier molecular flexibility index (Phi) is 5.25. The second-order valence-corrected chi connectivity index (χ2v) is 7.22. The number of benzene rings is 1. The van der Waals surface area contributed by atoms with Gasteiger partial charge in [-0.3, -0.25) is 4.72 Å². The number of ether oxygens (including phenoxy) is 1. The lowest BCUT2D eigenvalue weighted by molar-refractivity contribution is 0.142. The number of hydrogen-bond acceptors (Lipinski definition) is 4. The van der Waals surface area contributed by atoms with Crippen LogP contribution in [0.3, 0.4) is 0 Å². The molecule has 0 aromatic heterocycles. The molecule has 1 aliphatic heterocycles. The zero-order valence-corrected chi connectivity index (χ0v) is 13.6. The molecule has 7 nitrogen and oxygen atoms in total. The van der Waals surface area contributed by atoms with Crippen LogP contribution in [0.4, 0.5) is 10.5 Å². The highest BCUT2D eigenvalue weighted by molar-refractivity contribution is 7.90. The molecule has 0 bridgehead atoms. The Balaban J connectivity index is 2.03. The Bertz CT molecular complexity index is 625. The number of anilines is 1. The molecule has 0 saturated carbocycles. The average Bonchev–Trinajstić information content (AvgIpc) is 2.48. The van der Waals surface area contributed by atoms with Crippen LogP contribution in [0.25, 0.3) is 0 Å². The van der Waals surface area contributed by atoms with E-state index in [1.807, 2.05) is 0 Å². The van der Waals surface area contributed by atoms with Gasteiger partial charge < -0.3 is 9.64 Å². The van der Waals surface area contributed by atoms with E-state index in [2.05, 4.69) is 4.72 Å². The predicted octanol–water partition coefficient (Wildman–Crippen LogP) is 1.89. The second kappa shape index (κ2) is 6.97. The van der Waals surface area contributed by atoms with Gasteiger partial charge in [0.05, 0.1) is 5.69 Å². The first-order valence-electron chi connectivity index (χ1n) is 7.15. The summed E-state index contributed by atoms with van der Waals surface area (Å²) < 4.78 is 32.3. The summed E-state index contributed by atoms with van der Waals surface area (Å²) in [5, 5.41) is 0. The van der Waals surface area contributed by atoms with E-state index in [0.29, 0.717) is 24.5 Å². The van der Waals surface area contributed by atoms with Gasteiger partial charge in [-0.1, -0.05) is 6.07 Å². The van der Waals surface area contributed by atoms with Crippen LogP contribution in [0.5, 0.6) is 5.75 Å². The van der Waals surface area contributed by atoms with Crippen molar-refractivity contribution in [3.8, 4) is 5.75 Å². The summed E-state index contributed by atoms with van der Waals surface area (Å²) in [7, 11) is -0.718. The summed E-state index contributed by atoms with van der Waals surface area (Å²) in [5.41, 5.74) is 0.345.